The van der Waals surface area contributed by atoms with E-state index in [0.29, 0.717) is 11.3 Å². The molecule has 0 atom stereocenters. The number of aryl methyl sites for hydroxylation is 1. The Morgan fingerprint density at radius 2 is 1.84 bits per heavy atom. The Hall–Kier alpha value is -3.23. The zero-order chi connectivity index (χ0) is 21.5. The number of aromatic hydroxyl groups is 2. The lowest BCUT2D eigenvalue weighted by atomic mass is 10.1. The molecule has 4 aromatic rings. The SMILES string of the molecule is Cn1c(CN2CCN(c3cn[nH]c3-c3cc(Cl)c(O)cc3O)CC2)nc2ccccc21. The van der Waals surface area contributed by atoms with Crippen LogP contribution in [0.5, 0.6) is 11.5 Å². The highest BCUT2D eigenvalue weighted by molar-refractivity contribution is 6.32. The molecule has 3 heterocycles. The lowest BCUT2D eigenvalue weighted by molar-refractivity contribution is 0.242. The minimum absolute atomic E-state index is 0.0483. The van der Waals surface area contributed by atoms with Crippen LogP contribution in [-0.4, -0.2) is 61.0 Å². The van der Waals surface area contributed by atoms with E-state index in [4.69, 9.17) is 16.6 Å². The van der Waals surface area contributed by atoms with Crippen molar-refractivity contribution in [2.24, 2.45) is 7.05 Å². The summed E-state index contributed by atoms with van der Waals surface area (Å²) in [5, 5.41) is 27.3. The molecule has 1 aliphatic rings. The third kappa shape index (κ3) is 3.58. The van der Waals surface area contributed by atoms with Crippen molar-refractivity contribution < 1.29 is 10.2 Å². The van der Waals surface area contributed by atoms with Crippen molar-refractivity contribution in [1.82, 2.24) is 24.6 Å². The number of hydrogen-bond donors (Lipinski definition) is 3. The van der Waals surface area contributed by atoms with Crippen LogP contribution in [0.3, 0.4) is 0 Å². The normalized spacial score (nSPS) is 15.1. The molecule has 1 fully saturated rings. The summed E-state index contributed by atoms with van der Waals surface area (Å²) in [6.45, 7) is 4.21. The van der Waals surface area contributed by atoms with Gasteiger partial charge in [0.15, 0.2) is 0 Å². The van der Waals surface area contributed by atoms with Crippen molar-refractivity contribution in [3.63, 3.8) is 0 Å². The summed E-state index contributed by atoms with van der Waals surface area (Å²) in [4.78, 5) is 9.42. The van der Waals surface area contributed by atoms with Crippen LogP contribution in [0, 0.1) is 0 Å². The predicted octanol–water partition coefficient (Wildman–Crippen LogP) is 3.35. The Morgan fingerprint density at radius 1 is 1.06 bits per heavy atom. The smallest absolute Gasteiger partial charge is 0.137 e. The number of halogens is 1. The number of fused-ring (bicyclic) bond motifs is 1. The standard InChI is InChI=1S/C22H23ClN6O2/c1-27-17-5-3-2-4-16(17)25-21(27)13-28-6-8-29(9-7-28)18-12-24-26-22(18)14-10-15(23)20(31)11-19(14)30/h2-5,10-12,30-31H,6-9,13H2,1H3,(H,24,26). The maximum absolute atomic E-state index is 10.3. The fourth-order valence-electron chi connectivity index (χ4n) is 4.15. The minimum Gasteiger partial charge on any atom is -0.507 e. The summed E-state index contributed by atoms with van der Waals surface area (Å²) in [6, 6.07) is 11.0. The second-order valence-electron chi connectivity index (χ2n) is 7.79. The zero-order valence-electron chi connectivity index (χ0n) is 17.1. The molecular weight excluding hydrogens is 416 g/mol. The average Bonchev–Trinajstić information content (AvgIpc) is 3.37. The number of rotatable bonds is 4. The van der Waals surface area contributed by atoms with Crippen LogP contribution >= 0.6 is 11.6 Å². The van der Waals surface area contributed by atoms with E-state index in [1.807, 2.05) is 18.2 Å². The number of aromatic amines is 1. The minimum atomic E-state index is -0.153. The number of piperazine rings is 1. The first-order chi connectivity index (χ1) is 15.0. The average molecular weight is 439 g/mol. The first-order valence-electron chi connectivity index (χ1n) is 10.1. The van der Waals surface area contributed by atoms with Crippen LogP contribution in [0.1, 0.15) is 5.82 Å². The van der Waals surface area contributed by atoms with Gasteiger partial charge < -0.3 is 19.7 Å². The third-order valence-electron chi connectivity index (χ3n) is 5.91. The summed E-state index contributed by atoms with van der Waals surface area (Å²) in [5.74, 6) is 0.856. The lowest BCUT2D eigenvalue weighted by Crippen LogP contribution is -2.46. The van der Waals surface area contributed by atoms with Gasteiger partial charge in [0.2, 0.25) is 0 Å². The van der Waals surface area contributed by atoms with Crippen molar-refractivity contribution in [3.05, 3.63) is 53.4 Å². The second kappa shape index (κ2) is 7.79. The van der Waals surface area contributed by atoms with E-state index in [-0.39, 0.29) is 16.5 Å². The monoisotopic (exact) mass is 438 g/mol. The van der Waals surface area contributed by atoms with Gasteiger partial charge in [0.1, 0.15) is 17.3 Å². The van der Waals surface area contributed by atoms with Crippen LogP contribution in [0.2, 0.25) is 5.02 Å². The Morgan fingerprint density at radius 3 is 2.61 bits per heavy atom. The highest BCUT2D eigenvalue weighted by atomic mass is 35.5. The molecule has 31 heavy (non-hydrogen) atoms. The molecule has 1 saturated heterocycles. The molecule has 2 aromatic carbocycles. The van der Waals surface area contributed by atoms with Gasteiger partial charge in [-0.1, -0.05) is 23.7 Å². The number of phenols is 2. The summed E-state index contributed by atoms with van der Waals surface area (Å²) in [7, 11) is 2.06. The number of nitrogens with one attached hydrogen (secondary N) is 1. The molecular formula is C22H23ClN6O2. The van der Waals surface area contributed by atoms with E-state index in [1.165, 1.54) is 6.07 Å². The maximum Gasteiger partial charge on any atom is 0.137 e. The third-order valence-corrected chi connectivity index (χ3v) is 6.21. The van der Waals surface area contributed by atoms with Gasteiger partial charge in [0, 0.05) is 44.9 Å². The highest BCUT2D eigenvalue weighted by Gasteiger charge is 2.24. The Balaban J connectivity index is 1.31. The van der Waals surface area contributed by atoms with Gasteiger partial charge in [-0.3, -0.25) is 10.00 Å². The molecule has 0 bridgehead atoms. The highest BCUT2D eigenvalue weighted by Crippen LogP contribution is 2.40. The molecule has 0 aliphatic carbocycles. The quantitative estimate of drug-likeness (QED) is 0.452. The number of benzene rings is 2. The van der Waals surface area contributed by atoms with Gasteiger partial charge >= 0.3 is 0 Å². The Bertz CT molecular complexity index is 1240. The molecule has 8 nitrogen and oxygen atoms in total. The topological polar surface area (TPSA) is 93.4 Å². The molecule has 0 saturated carbocycles. The van der Waals surface area contributed by atoms with Crippen LogP contribution < -0.4 is 4.90 Å². The number of imidazole rings is 1. The van der Waals surface area contributed by atoms with E-state index >= 15 is 0 Å². The molecule has 0 spiro atoms. The molecule has 3 N–H and O–H groups in total. The van der Waals surface area contributed by atoms with Gasteiger partial charge in [-0.2, -0.15) is 5.10 Å². The number of nitrogens with zero attached hydrogens (tertiary/aromatic N) is 5. The number of aromatic nitrogens is 4. The second-order valence-corrected chi connectivity index (χ2v) is 8.20. The van der Waals surface area contributed by atoms with E-state index in [9.17, 15) is 10.2 Å². The molecule has 0 amide bonds. The molecule has 160 valence electrons. The van der Waals surface area contributed by atoms with Crippen LogP contribution in [0.15, 0.2) is 42.6 Å². The van der Waals surface area contributed by atoms with Gasteiger partial charge in [-0.25, -0.2) is 4.98 Å². The van der Waals surface area contributed by atoms with Crippen LogP contribution in [0.25, 0.3) is 22.3 Å². The number of para-hydroxylation sites is 2. The Kier molecular flexibility index (Phi) is 4.95. The summed E-state index contributed by atoms with van der Waals surface area (Å²) in [6.07, 6.45) is 1.76. The van der Waals surface area contributed by atoms with Crippen molar-refractivity contribution in [3.8, 4) is 22.8 Å². The number of hydrogen-bond acceptors (Lipinski definition) is 6. The van der Waals surface area contributed by atoms with Gasteiger partial charge in [0.25, 0.3) is 0 Å². The molecule has 0 radical (unpaired) electrons. The molecule has 1 aliphatic heterocycles. The van der Waals surface area contributed by atoms with Crippen molar-refractivity contribution in [2.75, 3.05) is 31.1 Å². The lowest BCUT2D eigenvalue weighted by Gasteiger charge is -2.35. The van der Waals surface area contributed by atoms with Crippen LogP contribution in [-0.2, 0) is 13.6 Å². The molecule has 2 aromatic heterocycles. The maximum atomic E-state index is 10.3. The Labute approximate surface area is 184 Å². The molecule has 5 rings (SSSR count). The van der Waals surface area contributed by atoms with Crippen molar-refractivity contribution in [2.45, 2.75) is 6.54 Å². The van der Waals surface area contributed by atoms with E-state index in [0.717, 1.165) is 55.3 Å². The van der Waals surface area contributed by atoms with Crippen molar-refractivity contribution >= 4 is 28.3 Å². The summed E-state index contributed by atoms with van der Waals surface area (Å²) < 4.78 is 2.16. The number of phenolic OH excluding ortho intramolecular Hbond substituents is 2. The summed E-state index contributed by atoms with van der Waals surface area (Å²) in [5.41, 5.74) is 4.26. The van der Waals surface area contributed by atoms with Gasteiger partial charge in [-0.05, 0) is 18.2 Å². The summed E-state index contributed by atoms with van der Waals surface area (Å²) >= 11 is 6.06. The molecule has 0 unspecified atom stereocenters. The van der Waals surface area contributed by atoms with Gasteiger partial charge in [0.05, 0.1) is 40.2 Å². The largest absolute Gasteiger partial charge is 0.507 e. The van der Waals surface area contributed by atoms with Crippen molar-refractivity contribution in [1.29, 1.82) is 0 Å². The van der Waals surface area contributed by atoms with E-state index in [2.05, 4.69) is 37.7 Å². The first-order valence-corrected chi connectivity index (χ1v) is 10.5. The fraction of sp³-hybridized carbons (Fsp3) is 0.273. The van der Waals surface area contributed by atoms with E-state index < -0.39 is 0 Å². The fourth-order valence-corrected chi connectivity index (χ4v) is 4.32. The first kappa shape index (κ1) is 19.7. The van der Waals surface area contributed by atoms with Gasteiger partial charge in [-0.15, -0.1) is 0 Å². The van der Waals surface area contributed by atoms with Crippen LogP contribution in [0.4, 0.5) is 5.69 Å². The zero-order valence-corrected chi connectivity index (χ0v) is 17.8. The van der Waals surface area contributed by atoms with E-state index in [1.54, 1.807) is 12.3 Å². The molecule has 9 heteroatoms. The number of H-pyrrole nitrogens is 1. The predicted molar refractivity (Wildman–Crippen MR) is 121 cm³/mol. The number of anilines is 1.